The van der Waals surface area contributed by atoms with E-state index in [1.807, 2.05) is 41.3 Å². The highest BCUT2D eigenvalue weighted by molar-refractivity contribution is 5.94. The van der Waals surface area contributed by atoms with Gasteiger partial charge in [0.25, 0.3) is 5.91 Å². The second kappa shape index (κ2) is 8.06. The van der Waals surface area contributed by atoms with Crippen molar-refractivity contribution in [1.29, 1.82) is 0 Å². The van der Waals surface area contributed by atoms with Crippen molar-refractivity contribution in [2.75, 3.05) is 6.54 Å². The highest BCUT2D eigenvalue weighted by Crippen LogP contribution is 2.11. The molecular weight excluding hydrogens is 296 g/mol. The van der Waals surface area contributed by atoms with Gasteiger partial charge in [-0.1, -0.05) is 60.7 Å². The Morgan fingerprint density at radius 1 is 0.792 bits per heavy atom. The summed E-state index contributed by atoms with van der Waals surface area (Å²) >= 11 is 0. The quantitative estimate of drug-likeness (QED) is 0.689. The molecular formula is C21H20N2O. The molecule has 3 nitrogen and oxygen atoms in total. The largest absolute Gasteiger partial charge is 0.334 e. The predicted octanol–water partition coefficient (Wildman–Crippen LogP) is 3.97. The normalized spacial score (nSPS) is 10.3. The fourth-order valence-corrected chi connectivity index (χ4v) is 2.64. The first-order valence-corrected chi connectivity index (χ1v) is 8.10. The summed E-state index contributed by atoms with van der Waals surface area (Å²) in [5, 5.41) is 0. The molecule has 0 spiro atoms. The third kappa shape index (κ3) is 4.29. The highest BCUT2D eigenvalue weighted by atomic mass is 16.2. The molecule has 0 aliphatic rings. The number of hydrogen-bond acceptors (Lipinski definition) is 2. The Labute approximate surface area is 142 Å². The van der Waals surface area contributed by atoms with Gasteiger partial charge in [-0.25, -0.2) is 0 Å². The molecule has 2 aromatic carbocycles. The van der Waals surface area contributed by atoms with E-state index < -0.39 is 0 Å². The van der Waals surface area contributed by atoms with E-state index in [4.69, 9.17) is 0 Å². The molecule has 0 atom stereocenters. The van der Waals surface area contributed by atoms with Crippen molar-refractivity contribution >= 4 is 5.91 Å². The van der Waals surface area contributed by atoms with Crippen LogP contribution in [-0.2, 0) is 13.0 Å². The highest BCUT2D eigenvalue weighted by Gasteiger charge is 2.16. The topological polar surface area (TPSA) is 33.2 Å². The summed E-state index contributed by atoms with van der Waals surface area (Å²) in [6.07, 6.45) is 4.15. The number of amides is 1. The van der Waals surface area contributed by atoms with E-state index in [9.17, 15) is 4.79 Å². The Morgan fingerprint density at radius 2 is 1.38 bits per heavy atom. The summed E-state index contributed by atoms with van der Waals surface area (Å²) in [7, 11) is 0. The van der Waals surface area contributed by atoms with Gasteiger partial charge in [0.2, 0.25) is 0 Å². The summed E-state index contributed by atoms with van der Waals surface area (Å²) in [6.45, 7) is 1.29. The van der Waals surface area contributed by atoms with Crippen molar-refractivity contribution in [2.45, 2.75) is 13.0 Å². The minimum Gasteiger partial charge on any atom is -0.334 e. The molecule has 120 valence electrons. The molecule has 0 saturated carbocycles. The number of pyridine rings is 1. The van der Waals surface area contributed by atoms with Crippen LogP contribution in [0, 0.1) is 0 Å². The fraction of sp³-hybridized carbons (Fsp3) is 0.143. The van der Waals surface area contributed by atoms with Crippen molar-refractivity contribution in [3.63, 3.8) is 0 Å². The second-order valence-electron chi connectivity index (χ2n) is 5.68. The lowest BCUT2D eigenvalue weighted by Crippen LogP contribution is -2.32. The Balaban J connectivity index is 1.76. The van der Waals surface area contributed by atoms with E-state index in [1.54, 1.807) is 24.5 Å². The zero-order valence-corrected chi connectivity index (χ0v) is 13.5. The van der Waals surface area contributed by atoms with Crippen LogP contribution in [0.1, 0.15) is 21.5 Å². The van der Waals surface area contributed by atoms with Crippen molar-refractivity contribution < 1.29 is 4.79 Å². The molecule has 1 heterocycles. The van der Waals surface area contributed by atoms with Gasteiger partial charge >= 0.3 is 0 Å². The van der Waals surface area contributed by atoms with E-state index >= 15 is 0 Å². The van der Waals surface area contributed by atoms with Crippen LogP contribution in [-0.4, -0.2) is 22.3 Å². The van der Waals surface area contributed by atoms with E-state index in [0.29, 0.717) is 18.7 Å². The first-order valence-electron chi connectivity index (χ1n) is 8.10. The SMILES string of the molecule is O=C(c1ccncc1)N(CCc1ccccc1)Cc1ccccc1. The smallest absolute Gasteiger partial charge is 0.254 e. The maximum atomic E-state index is 12.9. The third-order valence-corrected chi connectivity index (χ3v) is 3.94. The zero-order chi connectivity index (χ0) is 16.6. The first kappa shape index (κ1) is 15.9. The van der Waals surface area contributed by atoms with Gasteiger partial charge in [0, 0.05) is 31.0 Å². The molecule has 1 amide bonds. The van der Waals surface area contributed by atoms with Gasteiger partial charge in [-0.05, 0) is 29.7 Å². The lowest BCUT2D eigenvalue weighted by atomic mass is 10.1. The Bertz CT molecular complexity index is 758. The van der Waals surface area contributed by atoms with Crippen molar-refractivity contribution in [2.24, 2.45) is 0 Å². The van der Waals surface area contributed by atoms with Crippen LogP contribution in [0.4, 0.5) is 0 Å². The Kier molecular flexibility index (Phi) is 5.36. The molecule has 0 radical (unpaired) electrons. The molecule has 24 heavy (non-hydrogen) atoms. The minimum atomic E-state index is 0.0391. The third-order valence-electron chi connectivity index (χ3n) is 3.94. The van der Waals surface area contributed by atoms with Crippen LogP contribution in [0.3, 0.4) is 0 Å². The summed E-state index contributed by atoms with van der Waals surface area (Å²) in [6, 6.07) is 23.9. The van der Waals surface area contributed by atoms with Crippen molar-refractivity contribution in [1.82, 2.24) is 9.88 Å². The van der Waals surface area contributed by atoms with Crippen LogP contribution >= 0.6 is 0 Å². The molecule has 0 saturated heterocycles. The van der Waals surface area contributed by atoms with Crippen molar-refractivity contribution in [3.8, 4) is 0 Å². The Hall–Kier alpha value is -2.94. The lowest BCUT2D eigenvalue weighted by molar-refractivity contribution is 0.0745. The first-order chi connectivity index (χ1) is 11.8. The molecule has 0 N–H and O–H groups in total. The molecule has 1 aromatic heterocycles. The van der Waals surface area contributed by atoms with Crippen LogP contribution in [0.15, 0.2) is 85.2 Å². The number of benzene rings is 2. The van der Waals surface area contributed by atoms with E-state index in [-0.39, 0.29) is 5.91 Å². The molecule has 3 rings (SSSR count). The zero-order valence-electron chi connectivity index (χ0n) is 13.5. The molecule has 0 fully saturated rings. The molecule has 3 aromatic rings. The molecule has 0 aliphatic heterocycles. The second-order valence-corrected chi connectivity index (χ2v) is 5.68. The van der Waals surface area contributed by atoms with Crippen LogP contribution in [0.2, 0.25) is 0 Å². The fourth-order valence-electron chi connectivity index (χ4n) is 2.64. The van der Waals surface area contributed by atoms with Gasteiger partial charge in [0.15, 0.2) is 0 Å². The summed E-state index contributed by atoms with van der Waals surface area (Å²) in [5.41, 5.74) is 3.04. The molecule has 0 aliphatic carbocycles. The van der Waals surface area contributed by atoms with E-state index in [1.165, 1.54) is 5.56 Å². The minimum absolute atomic E-state index is 0.0391. The summed E-state index contributed by atoms with van der Waals surface area (Å²) in [4.78, 5) is 18.8. The Morgan fingerprint density at radius 3 is 2.00 bits per heavy atom. The van der Waals surface area contributed by atoms with E-state index in [0.717, 1.165) is 12.0 Å². The molecule has 3 heteroatoms. The van der Waals surface area contributed by atoms with Crippen LogP contribution in [0.5, 0.6) is 0 Å². The van der Waals surface area contributed by atoms with Crippen LogP contribution in [0.25, 0.3) is 0 Å². The predicted molar refractivity (Wildman–Crippen MR) is 95.6 cm³/mol. The van der Waals surface area contributed by atoms with Gasteiger partial charge in [-0.15, -0.1) is 0 Å². The number of nitrogens with zero attached hydrogens (tertiary/aromatic N) is 2. The number of hydrogen-bond donors (Lipinski definition) is 0. The van der Waals surface area contributed by atoms with Gasteiger partial charge in [0.05, 0.1) is 0 Å². The van der Waals surface area contributed by atoms with Gasteiger partial charge < -0.3 is 4.90 Å². The number of aromatic nitrogens is 1. The number of carbonyl (C=O) groups excluding carboxylic acids is 1. The standard InChI is InChI=1S/C21H20N2O/c24-21(20-11-14-22-15-12-20)23(17-19-9-5-2-6-10-19)16-13-18-7-3-1-4-8-18/h1-12,14-15H,13,16-17H2. The number of carbonyl (C=O) groups is 1. The maximum absolute atomic E-state index is 12.9. The van der Waals surface area contributed by atoms with Crippen molar-refractivity contribution in [3.05, 3.63) is 102 Å². The van der Waals surface area contributed by atoms with Crippen LogP contribution < -0.4 is 0 Å². The monoisotopic (exact) mass is 316 g/mol. The van der Waals surface area contributed by atoms with Gasteiger partial charge in [0.1, 0.15) is 0 Å². The number of rotatable bonds is 6. The average molecular weight is 316 g/mol. The van der Waals surface area contributed by atoms with E-state index in [2.05, 4.69) is 29.2 Å². The molecule has 0 unspecified atom stereocenters. The summed E-state index contributed by atoms with van der Waals surface area (Å²) in [5.74, 6) is 0.0391. The lowest BCUT2D eigenvalue weighted by Gasteiger charge is -2.23. The average Bonchev–Trinajstić information content (AvgIpc) is 2.67. The summed E-state index contributed by atoms with van der Waals surface area (Å²) < 4.78 is 0. The molecule has 0 bridgehead atoms. The van der Waals surface area contributed by atoms with Gasteiger partial charge in [-0.2, -0.15) is 0 Å². The van der Waals surface area contributed by atoms with Gasteiger partial charge in [-0.3, -0.25) is 9.78 Å². The maximum Gasteiger partial charge on any atom is 0.254 e.